The third-order valence-electron chi connectivity index (χ3n) is 5.40. The molecule has 0 atom stereocenters. The van der Waals surface area contributed by atoms with Gasteiger partial charge in [-0.3, -0.25) is 0 Å². The number of nitrogens with zero attached hydrogens (tertiary/aromatic N) is 6. The summed E-state index contributed by atoms with van der Waals surface area (Å²) in [5.74, 6) is 2.94. The molecule has 0 aliphatic carbocycles. The summed E-state index contributed by atoms with van der Waals surface area (Å²) < 4.78 is 1.98. The van der Waals surface area contributed by atoms with Crippen LogP contribution in [-0.2, 0) is 0 Å². The molecule has 0 bridgehead atoms. The first-order chi connectivity index (χ1) is 15.1. The molecule has 4 aromatic rings. The van der Waals surface area contributed by atoms with Crippen LogP contribution in [0.2, 0.25) is 0 Å². The maximum atomic E-state index is 4.80. The average molecular weight is 415 g/mol. The highest BCUT2D eigenvalue weighted by Gasteiger charge is 2.15. The maximum Gasteiger partial charge on any atom is 0.232 e. The van der Waals surface area contributed by atoms with Crippen LogP contribution in [0.15, 0.2) is 48.9 Å². The second-order valence-corrected chi connectivity index (χ2v) is 8.01. The van der Waals surface area contributed by atoms with Gasteiger partial charge in [-0.25, -0.2) is 9.97 Å². The highest BCUT2D eigenvalue weighted by atomic mass is 15.3. The van der Waals surface area contributed by atoms with Crippen LogP contribution in [0.4, 0.5) is 29.1 Å². The zero-order chi connectivity index (χ0) is 21.2. The Balaban J connectivity index is 1.48. The Hall–Kier alpha value is -3.68. The van der Waals surface area contributed by atoms with Gasteiger partial charge in [-0.1, -0.05) is 0 Å². The first-order valence-corrected chi connectivity index (χ1v) is 10.7. The Morgan fingerprint density at radius 2 is 1.68 bits per heavy atom. The number of piperidine rings is 1. The van der Waals surface area contributed by atoms with E-state index in [2.05, 4.69) is 38.5 Å². The van der Waals surface area contributed by atoms with E-state index in [-0.39, 0.29) is 0 Å². The van der Waals surface area contributed by atoms with Crippen molar-refractivity contribution >= 4 is 34.7 Å². The number of pyridine rings is 2. The van der Waals surface area contributed by atoms with Crippen LogP contribution < -0.4 is 15.5 Å². The molecular weight excluding hydrogens is 388 g/mol. The third kappa shape index (κ3) is 4.42. The van der Waals surface area contributed by atoms with Crippen LogP contribution in [0.5, 0.6) is 0 Å². The van der Waals surface area contributed by atoms with E-state index in [4.69, 9.17) is 9.97 Å². The van der Waals surface area contributed by atoms with E-state index in [1.165, 1.54) is 19.3 Å². The molecule has 0 saturated carbocycles. The molecule has 1 aliphatic rings. The lowest BCUT2D eigenvalue weighted by molar-refractivity contribution is 0.573. The molecule has 1 fully saturated rings. The van der Waals surface area contributed by atoms with E-state index in [0.29, 0.717) is 5.95 Å². The molecule has 158 valence electrons. The minimum Gasteiger partial charge on any atom is -0.356 e. The van der Waals surface area contributed by atoms with Crippen LogP contribution >= 0.6 is 0 Å². The number of anilines is 5. The van der Waals surface area contributed by atoms with Crippen molar-refractivity contribution in [3.05, 3.63) is 60.2 Å². The first kappa shape index (κ1) is 19.3. The van der Waals surface area contributed by atoms with Crippen molar-refractivity contribution < 1.29 is 0 Å². The van der Waals surface area contributed by atoms with Gasteiger partial charge in [0.1, 0.15) is 23.1 Å². The number of hydrogen-bond donors (Lipinski definition) is 2. The van der Waals surface area contributed by atoms with Gasteiger partial charge in [0.2, 0.25) is 5.95 Å². The van der Waals surface area contributed by atoms with Crippen LogP contribution in [0.25, 0.3) is 5.65 Å². The molecule has 1 saturated heterocycles. The average Bonchev–Trinajstić information content (AvgIpc) is 3.21. The van der Waals surface area contributed by atoms with Crippen LogP contribution in [0, 0.1) is 13.8 Å². The zero-order valence-electron chi connectivity index (χ0n) is 17.8. The predicted octanol–water partition coefficient (Wildman–Crippen LogP) is 4.61. The van der Waals surface area contributed by atoms with Gasteiger partial charge in [0, 0.05) is 55.2 Å². The summed E-state index contributed by atoms with van der Waals surface area (Å²) >= 11 is 0. The topological polar surface area (TPSA) is 83.3 Å². The van der Waals surface area contributed by atoms with Gasteiger partial charge in [0.05, 0.1) is 0 Å². The van der Waals surface area contributed by atoms with E-state index in [0.717, 1.165) is 53.1 Å². The number of rotatable bonds is 5. The van der Waals surface area contributed by atoms with Crippen molar-refractivity contribution in [3.8, 4) is 0 Å². The Bertz CT molecular complexity index is 1190. The molecule has 1 aliphatic heterocycles. The van der Waals surface area contributed by atoms with E-state index in [9.17, 15) is 0 Å². The highest BCUT2D eigenvalue weighted by Crippen LogP contribution is 2.26. The lowest BCUT2D eigenvalue weighted by atomic mass is 10.1. The summed E-state index contributed by atoms with van der Waals surface area (Å²) in [5, 5.41) is 6.72. The van der Waals surface area contributed by atoms with E-state index < -0.39 is 0 Å². The van der Waals surface area contributed by atoms with Gasteiger partial charge in [0.15, 0.2) is 0 Å². The lowest BCUT2D eigenvalue weighted by Gasteiger charge is -2.28. The molecule has 5 rings (SSSR count). The van der Waals surface area contributed by atoms with Gasteiger partial charge in [0.25, 0.3) is 0 Å². The molecular formula is C23H26N8. The first-order valence-electron chi connectivity index (χ1n) is 10.7. The number of fused-ring (bicyclic) bond motifs is 1. The van der Waals surface area contributed by atoms with Crippen molar-refractivity contribution in [1.29, 1.82) is 0 Å². The summed E-state index contributed by atoms with van der Waals surface area (Å²) in [6.45, 7) is 6.07. The fourth-order valence-electron chi connectivity index (χ4n) is 4.00. The molecule has 0 unspecified atom stereocenters. The molecule has 0 radical (unpaired) electrons. The predicted molar refractivity (Wildman–Crippen MR) is 124 cm³/mol. The van der Waals surface area contributed by atoms with Crippen molar-refractivity contribution in [2.45, 2.75) is 33.1 Å². The highest BCUT2D eigenvalue weighted by molar-refractivity contribution is 5.65. The second-order valence-electron chi connectivity index (χ2n) is 8.01. The van der Waals surface area contributed by atoms with Crippen molar-refractivity contribution in [2.24, 2.45) is 0 Å². The molecule has 2 N–H and O–H groups in total. The summed E-state index contributed by atoms with van der Waals surface area (Å²) in [6, 6.07) is 10.1. The second kappa shape index (κ2) is 8.22. The Morgan fingerprint density at radius 3 is 2.52 bits per heavy atom. The van der Waals surface area contributed by atoms with Gasteiger partial charge >= 0.3 is 0 Å². The van der Waals surface area contributed by atoms with Crippen LogP contribution in [0.1, 0.15) is 30.5 Å². The molecule has 4 aromatic heterocycles. The quantitative estimate of drug-likeness (QED) is 0.493. The van der Waals surface area contributed by atoms with E-state index >= 15 is 0 Å². The summed E-state index contributed by atoms with van der Waals surface area (Å²) in [4.78, 5) is 20.8. The number of aromatic nitrogens is 5. The number of nitrogens with one attached hydrogen (secondary N) is 2. The van der Waals surface area contributed by atoms with Gasteiger partial charge in [-0.2, -0.15) is 9.97 Å². The largest absolute Gasteiger partial charge is 0.356 e. The molecule has 5 heterocycles. The van der Waals surface area contributed by atoms with Crippen molar-refractivity contribution in [2.75, 3.05) is 28.6 Å². The maximum absolute atomic E-state index is 4.80. The smallest absolute Gasteiger partial charge is 0.232 e. The normalized spacial score (nSPS) is 14.1. The monoisotopic (exact) mass is 414 g/mol. The fourth-order valence-corrected chi connectivity index (χ4v) is 4.00. The zero-order valence-corrected chi connectivity index (χ0v) is 17.8. The number of imidazole rings is 1. The van der Waals surface area contributed by atoms with E-state index in [1.807, 2.05) is 48.0 Å². The van der Waals surface area contributed by atoms with Crippen molar-refractivity contribution in [3.63, 3.8) is 0 Å². The Morgan fingerprint density at radius 1 is 0.839 bits per heavy atom. The fraction of sp³-hybridized carbons (Fsp3) is 0.304. The van der Waals surface area contributed by atoms with Crippen molar-refractivity contribution in [1.82, 2.24) is 24.3 Å². The van der Waals surface area contributed by atoms with E-state index in [1.54, 1.807) is 6.20 Å². The Kier molecular flexibility index (Phi) is 5.11. The number of hydrogen-bond acceptors (Lipinski definition) is 7. The van der Waals surface area contributed by atoms with Crippen LogP contribution in [-0.4, -0.2) is 37.4 Å². The lowest BCUT2D eigenvalue weighted by Crippen LogP contribution is -2.30. The molecule has 31 heavy (non-hydrogen) atoms. The standard InChI is InChI=1S/C23H26N8/c1-16-12-17(2)25-19(13-16)27-23-28-20(15-22(29-23)30-8-4-3-5-9-30)26-18-6-10-31-11-7-24-21(31)14-18/h6-7,10-15H,3-5,8-9H2,1-2H3,(H2,25,26,27,28,29). The SMILES string of the molecule is Cc1cc(C)nc(Nc2nc(Nc3ccn4ccnc4c3)cc(N3CCCCC3)n2)c1. The molecule has 8 heteroatoms. The number of aryl methyl sites for hydroxylation is 2. The summed E-state index contributed by atoms with van der Waals surface area (Å²) in [6.07, 6.45) is 9.34. The van der Waals surface area contributed by atoms with Gasteiger partial charge in [-0.15, -0.1) is 0 Å². The van der Waals surface area contributed by atoms with Crippen LogP contribution in [0.3, 0.4) is 0 Å². The Labute approximate surface area is 181 Å². The third-order valence-corrected chi connectivity index (χ3v) is 5.40. The summed E-state index contributed by atoms with van der Waals surface area (Å²) in [7, 11) is 0. The molecule has 0 spiro atoms. The van der Waals surface area contributed by atoms with Gasteiger partial charge in [-0.05, 0) is 56.9 Å². The molecule has 0 aromatic carbocycles. The minimum atomic E-state index is 0.532. The molecule has 0 amide bonds. The summed E-state index contributed by atoms with van der Waals surface area (Å²) in [5.41, 5.74) is 3.92. The minimum absolute atomic E-state index is 0.532. The molecule has 8 nitrogen and oxygen atoms in total. The van der Waals surface area contributed by atoms with Gasteiger partial charge < -0.3 is 19.9 Å².